The molecule has 9 heteroatoms. The molecule has 1 aromatic rings. The molecular weight excluding hydrogens is 440 g/mol. The Labute approximate surface area is 200 Å². The van der Waals surface area contributed by atoms with Crippen LogP contribution in [0.25, 0.3) is 0 Å². The minimum absolute atomic E-state index is 0.116. The maximum absolute atomic E-state index is 13.2. The van der Waals surface area contributed by atoms with Gasteiger partial charge in [-0.25, -0.2) is 9.59 Å². The Morgan fingerprint density at radius 2 is 1.68 bits per heavy atom. The van der Waals surface area contributed by atoms with Gasteiger partial charge in [-0.05, 0) is 44.6 Å². The number of nitro benzene ring substituents is 1. The second-order valence-electron chi connectivity index (χ2n) is 8.75. The molecule has 1 aromatic carbocycles. The van der Waals surface area contributed by atoms with Crippen LogP contribution in [0.1, 0.15) is 64.9 Å². The van der Waals surface area contributed by atoms with Crippen molar-refractivity contribution in [3.8, 4) is 0 Å². The third-order valence-electron chi connectivity index (χ3n) is 5.45. The number of nitrogens with zero attached hydrogens (tertiary/aromatic N) is 1. The van der Waals surface area contributed by atoms with Crippen LogP contribution in [0.4, 0.5) is 5.69 Å². The van der Waals surface area contributed by atoms with E-state index in [0.717, 1.165) is 12.8 Å². The number of hydrogen-bond donors (Lipinski definition) is 2. The number of unbranched alkanes of at least 4 members (excludes halogenated alkanes) is 3. The fourth-order valence-electron chi connectivity index (χ4n) is 3.82. The third-order valence-corrected chi connectivity index (χ3v) is 5.45. The zero-order chi connectivity index (χ0) is 25.3. The summed E-state index contributed by atoms with van der Waals surface area (Å²) in [5, 5.41) is 23.4. The Morgan fingerprint density at radius 3 is 2.26 bits per heavy atom. The van der Waals surface area contributed by atoms with E-state index in [1.54, 1.807) is 19.9 Å². The number of rotatable bonds is 12. The smallest absolute Gasteiger partial charge is 0.336 e. The molecule has 0 saturated carbocycles. The number of allylic oxidation sites excluding steroid dienone is 2. The second-order valence-corrected chi connectivity index (χ2v) is 8.75. The molecule has 0 aliphatic carbocycles. The minimum atomic E-state index is -0.872. The van der Waals surface area contributed by atoms with Gasteiger partial charge in [0.2, 0.25) is 0 Å². The molecule has 1 heterocycles. The molecule has 9 nitrogen and oxygen atoms in total. The van der Waals surface area contributed by atoms with Crippen molar-refractivity contribution in [2.75, 3.05) is 19.8 Å². The zero-order valence-electron chi connectivity index (χ0n) is 20.3. The van der Waals surface area contributed by atoms with Gasteiger partial charge < -0.3 is 19.9 Å². The number of ether oxygens (including phenoxy) is 2. The predicted molar refractivity (Wildman–Crippen MR) is 127 cm³/mol. The first-order valence-corrected chi connectivity index (χ1v) is 11.5. The van der Waals surface area contributed by atoms with Gasteiger partial charge in [-0.3, -0.25) is 10.1 Å². The van der Waals surface area contributed by atoms with Gasteiger partial charge in [0.15, 0.2) is 0 Å². The molecule has 0 bridgehead atoms. The lowest BCUT2D eigenvalue weighted by molar-refractivity contribution is -0.384. The minimum Gasteiger partial charge on any atom is -0.462 e. The Balaban J connectivity index is 2.41. The van der Waals surface area contributed by atoms with Gasteiger partial charge in [0.05, 0.1) is 35.2 Å². The summed E-state index contributed by atoms with van der Waals surface area (Å²) < 4.78 is 11.0. The van der Waals surface area contributed by atoms with E-state index in [-0.39, 0.29) is 42.6 Å². The quantitative estimate of drug-likeness (QED) is 0.200. The lowest BCUT2D eigenvalue weighted by Gasteiger charge is -2.30. The van der Waals surface area contributed by atoms with E-state index in [2.05, 4.69) is 5.32 Å². The summed E-state index contributed by atoms with van der Waals surface area (Å²) in [6.45, 7) is 7.78. The van der Waals surface area contributed by atoms with E-state index in [9.17, 15) is 19.7 Å². The Bertz CT molecular complexity index is 966. The number of hydrogen-bond acceptors (Lipinski definition) is 8. The molecule has 0 aromatic heterocycles. The van der Waals surface area contributed by atoms with Crippen LogP contribution in [-0.4, -0.2) is 41.8 Å². The summed E-state index contributed by atoms with van der Waals surface area (Å²) in [5.41, 5.74) is 1.77. The average Bonchev–Trinajstić information content (AvgIpc) is 2.79. The number of esters is 2. The Morgan fingerprint density at radius 1 is 1.06 bits per heavy atom. The van der Waals surface area contributed by atoms with E-state index in [1.165, 1.54) is 18.2 Å². The van der Waals surface area contributed by atoms with Gasteiger partial charge in [-0.15, -0.1) is 0 Å². The summed E-state index contributed by atoms with van der Waals surface area (Å²) in [5.74, 6) is -1.93. The molecule has 0 spiro atoms. The molecular formula is C25H34N2O7. The molecule has 1 aliphatic heterocycles. The fourth-order valence-corrected chi connectivity index (χ4v) is 3.82. The molecule has 2 rings (SSSR count). The summed E-state index contributed by atoms with van der Waals surface area (Å²) in [4.78, 5) is 37.2. The lowest BCUT2D eigenvalue weighted by atomic mass is 9.80. The summed E-state index contributed by atoms with van der Waals surface area (Å²) in [7, 11) is 0. The highest BCUT2D eigenvalue weighted by Crippen LogP contribution is 2.40. The molecule has 0 saturated heterocycles. The van der Waals surface area contributed by atoms with Crippen LogP contribution in [0.2, 0.25) is 0 Å². The Kier molecular flexibility index (Phi) is 10.2. The monoisotopic (exact) mass is 474 g/mol. The van der Waals surface area contributed by atoms with Crippen molar-refractivity contribution in [1.29, 1.82) is 0 Å². The molecule has 1 atom stereocenters. The van der Waals surface area contributed by atoms with Crippen LogP contribution < -0.4 is 5.32 Å². The number of carbonyl (C=O) groups excluding carboxylic acids is 2. The van der Waals surface area contributed by atoms with Crippen LogP contribution in [0.15, 0.2) is 46.8 Å². The SMILES string of the molecule is CC1=C(C(=O)OCCCCCCO)C(c2cccc([N+](=O)[O-])c2)C(C(=O)OCC(C)C)=C(C)N1. The first kappa shape index (κ1) is 27.0. The van der Waals surface area contributed by atoms with E-state index < -0.39 is 22.8 Å². The maximum atomic E-state index is 13.2. The summed E-state index contributed by atoms with van der Waals surface area (Å²) in [6.07, 6.45) is 2.99. The molecule has 34 heavy (non-hydrogen) atoms. The molecule has 0 radical (unpaired) electrons. The average molecular weight is 475 g/mol. The number of nitro groups is 1. The largest absolute Gasteiger partial charge is 0.462 e. The Hall–Kier alpha value is -3.20. The number of dihydropyridines is 1. The van der Waals surface area contributed by atoms with E-state index >= 15 is 0 Å². The van der Waals surface area contributed by atoms with Crippen LogP contribution in [-0.2, 0) is 19.1 Å². The van der Waals surface area contributed by atoms with Crippen molar-refractivity contribution < 1.29 is 29.1 Å². The first-order chi connectivity index (χ1) is 16.2. The molecule has 0 amide bonds. The zero-order valence-corrected chi connectivity index (χ0v) is 20.3. The molecule has 2 N–H and O–H groups in total. The van der Waals surface area contributed by atoms with Crippen molar-refractivity contribution in [1.82, 2.24) is 5.32 Å². The van der Waals surface area contributed by atoms with Crippen molar-refractivity contribution >= 4 is 17.6 Å². The molecule has 1 unspecified atom stereocenters. The van der Waals surface area contributed by atoms with Gasteiger partial charge in [0.1, 0.15) is 0 Å². The number of non-ortho nitro benzene ring substituents is 1. The van der Waals surface area contributed by atoms with E-state index in [1.807, 2.05) is 13.8 Å². The van der Waals surface area contributed by atoms with Crippen LogP contribution in [0, 0.1) is 16.0 Å². The topological polar surface area (TPSA) is 128 Å². The van der Waals surface area contributed by atoms with Gasteiger partial charge in [0.25, 0.3) is 5.69 Å². The number of aliphatic hydroxyl groups excluding tert-OH is 1. The molecule has 0 fully saturated rings. The number of carbonyl (C=O) groups is 2. The summed E-state index contributed by atoms with van der Waals surface area (Å²) >= 11 is 0. The van der Waals surface area contributed by atoms with E-state index in [4.69, 9.17) is 14.6 Å². The van der Waals surface area contributed by atoms with Crippen molar-refractivity contribution in [3.63, 3.8) is 0 Å². The standard InChI is InChI=1S/C25H34N2O7/c1-16(2)15-34-25(30)22-18(4)26-17(3)21(24(29)33-13-8-6-5-7-12-28)23(22)19-10-9-11-20(14-19)27(31)32/h9-11,14,16,23,26,28H,5-8,12-13,15H2,1-4H3. The van der Waals surface area contributed by atoms with Crippen LogP contribution in [0.3, 0.4) is 0 Å². The van der Waals surface area contributed by atoms with Crippen molar-refractivity contribution in [3.05, 3.63) is 62.5 Å². The van der Waals surface area contributed by atoms with Gasteiger partial charge in [-0.1, -0.05) is 32.4 Å². The van der Waals surface area contributed by atoms with Crippen LogP contribution >= 0.6 is 0 Å². The predicted octanol–water partition coefficient (Wildman–Crippen LogP) is 4.12. The highest BCUT2D eigenvalue weighted by atomic mass is 16.6. The summed E-state index contributed by atoms with van der Waals surface area (Å²) in [6, 6.07) is 5.91. The molecule has 186 valence electrons. The maximum Gasteiger partial charge on any atom is 0.336 e. The van der Waals surface area contributed by atoms with Gasteiger partial charge >= 0.3 is 11.9 Å². The number of benzene rings is 1. The fraction of sp³-hybridized carbons (Fsp3) is 0.520. The van der Waals surface area contributed by atoms with Crippen molar-refractivity contribution in [2.24, 2.45) is 5.92 Å². The lowest BCUT2D eigenvalue weighted by Crippen LogP contribution is -2.33. The van der Waals surface area contributed by atoms with Crippen molar-refractivity contribution in [2.45, 2.75) is 59.3 Å². The number of aliphatic hydroxyl groups is 1. The second kappa shape index (κ2) is 12.9. The molecule has 1 aliphatic rings. The first-order valence-electron chi connectivity index (χ1n) is 11.5. The normalized spacial score (nSPS) is 15.9. The van der Waals surface area contributed by atoms with E-state index in [0.29, 0.717) is 29.8 Å². The van der Waals surface area contributed by atoms with Gasteiger partial charge in [0, 0.05) is 30.1 Å². The number of nitrogens with one attached hydrogen (secondary N) is 1. The third kappa shape index (κ3) is 7.15. The highest BCUT2D eigenvalue weighted by molar-refractivity contribution is 6.00. The van der Waals surface area contributed by atoms with Gasteiger partial charge in [-0.2, -0.15) is 0 Å². The highest BCUT2D eigenvalue weighted by Gasteiger charge is 2.38. The van der Waals surface area contributed by atoms with Crippen LogP contribution in [0.5, 0.6) is 0 Å².